The van der Waals surface area contributed by atoms with Gasteiger partial charge in [-0.2, -0.15) is 0 Å². The number of benzene rings is 1. The Labute approximate surface area is 148 Å². The van der Waals surface area contributed by atoms with Crippen molar-refractivity contribution in [1.29, 1.82) is 0 Å². The third kappa shape index (κ3) is 3.46. The molecule has 3 rings (SSSR count). The van der Waals surface area contributed by atoms with Crippen LogP contribution in [0.3, 0.4) is 0 Å². The van der Waals surface area contributed by atoms with Gasteiger partial charge in [0.05, 0.1) is 22.9 Å². The van der Waals surface area contributed by atoms with Crippen LogP contribution in [0.5, 0.6) is 0 Å². The summed E-state index contributed by atoms with van der Waals surface area (Å²) in [5, 5.41) is 3.39. The third-order valence-electron chi connectivity index (χ3n) is 5.38. The molecule has 2 aliphatic rings. The average molecular weight is 371 g/mol. The highest BCUT2D eigenvalue weighted by Crippen LogP contribution is 2.48. The lowest BCUT2D eigenvalue weighted by Gasteiger charge is -2.37. The number of hydrogen-bond acceptors (Lipinski definition) is 3. The molecule has 1 aliphatic carbocycles. The van der Waals surface area contributed by atoms with Crippen LogP contribution in [0, 0.1) is 11.3 Å². The van der Waals surface area contributed by atoms with E-state index in [1.807, 2.05) is 12.1 Å². The van der Waals surface area contributed by atoms with Gasteiger partial charge >= 0.3 is 0 Å². The van der Waals surface area contributed by atoms with Crippen molar-refractivity contribution in [1.82, 2.24) is 4.31 Å². The van der Waals surface area contributed by atoms with Crippen LogP contribution in [-0.4, -0.2) is 38.0 Å². The standard InChI is InChI=1S/C17H23ClN2O3S/c1-24(22,23)20-11-13(17(12-20)9-5-2-6-10-17)16(21)19-15-8-4-3-7-14(15)18/h3-4,7-8,13H,2,5-6,9-12H2,1H3,(H,19,21). The van der Waals surface area contributed by atoms with Crippen molar-refractivity contribution in [3.63, 3.8) is 0 Å². The molecule has 24 heavy (non-hydrogen) atoms. The molecule has 7 heteroatoms. The van der Waals surface area contributed by atoms with Gasteiger partial charge in [-0.05, 0) is 30.4 Å². The average Bonchev–Trinajstić information content (AvgIpc) is 2.89. The molecule has 0 radical (unpaired) electrons. The fourth-order valence-electron chi connectivity index (χ4n) is 4.08. The fourth-order valence-corrected chi connectivity index (χ4v) is 5.18. The molecule has 132 valence electrons. The van der Waals surface area contributed by atoms with Gasteiger partial charge < -0.3 is 5.32 Å². The number of anilines is 1. The summed E-state index contributed by atoms with van der Waals surface area (Å²) in [6.07, 6.45) is 6.28. The molecule has 1 saturated heterocycles. The highest BCUT2D eigenvalue weighted by atomic mass is 35.5. The van der Waals surface area contributed by atoms with E-state index in [2.05, 4.69) is 5.32 Å². The predicted molar refractivity (Wildman–Crippen MR) is 95.5 cm³/mol. The summed E-state index contributed by atoms with van der Waals surface area (Å²) in [5.74, 6) is -0.458. The van der Waals surface area contributed by atoms with E-state index < -0.39 is 10.0 Å². The molecule has 1 amide bonds. The SMILES string of the molecule is CS(=O)(=O)N1CC(C(=O)Nc2ccccc2Cl)C2(CCCCC2)C1. The van der Waals surface area contributed by atoms with Crippen LogP contribution in [0.4, 0.5) is 5.69 Å². The zero-order chi connectivity index (χ0) is 17.4. The van der Waals surface area contributed by atoms with Crippen molar-refractivity contribution in [3.8, 4) is 0 Å². The first-order chi connectivity index (χ1) is 11.3. The number of carbonyl (C=O) groups excluding carboxylic acids is 1. The molecule has 1 atom stereocenters. The van der Waals surface area contributed by atoms with Crippen molar-refractivity contribution >= 4 is 33.2 Å². The Morgan fingerprint density at radius 2 is 1.92 bits per heavy atom. The summed E-state index contributed by atoms with van der Waals surface area (Å²) in [4.78, 5) is 12.9. The van der Waals surface area contributed by atoms with Crippen LogP contribution < -0.4 is 5.32 Å². The van der Waals surface area contributed by atoms with E-state index in [1.165, 1.54) is 10.6 Å². The second-order valence-corrected chi connectivity index (χ2v) is 9.39. The van der Waals surface area contributed by atoms with E-state index in [-0.39, 0.29) is 23.8 Å². The number of nitrogens with one attached hydrogen (secondary N) is 1. The normalized spacial score (nSPS) is 24.2. The van der Waals surface area contributed by atoms with Crippen molar-refractivity contribution in [2.75, 3.05) is 24.7 Å². The van der Waals surface area contributed by atoms with Gasteiger partial charge in [0.25, 0.3) is 0 Å². The number of para-hydroxylation sites is 1. The molecule has 0 bridgehead atoms. The van der Waals surface area contributed by atoms with E-state index in [9.17, 15) is 13.2 Å². The predicted octanol–water partition coefficient (Wildman–Crippen LogP) is 3.12. The van der Waals surface area contributed by atoms with Crippen molar-refractivity contribution in [2.24, 2.45) is 11.3 Å². The van der Waals surface area contributed by atoms with E-state index in [0.717, 1.165) is 32.1 Å². The molecule has 1 N–H and O–H groups in total. The quantitative estimate of drug-likeness (QED) is 0.888. The van der Waals surface area contributed by atoms with Crippen LogP contribution in [0.25, 0.3) is 0 Å². The first-order valence-corrected chi connectivity index (χ1v) is 10.5. The summed E-state index contributed by atoms with van der Waals surface area (Å²) in [7, 11) is -3.30. The maximum Gasteiger partial charge on any atom is 0.229 e. The van der Waals surface area contributed by atoms with Gasteiger partial charge in [0.1, 0.15) is 0 Å². The largest absolute Gasteiger partial charge is 0.324 e. The van der Waals surface area contributed by atoms with Gasteiger partial charge in [-0.25, -0.2) is 12.7 Å². The van der Waals surface area contributed by atoms with Crippen molar-refractivity contribution < 1.29 is 13.2 Å². The minimum absolute atomic E-state index is 0.129. The molecular weight excluding hydrogens is 348 g/mol. The third-order valence-corrected chi connectivity index (χ3v) is 6.93. The second-order valence-electron chi connectivity index (χ2n) is 7.00. The minimum Gasteiger partial charge on any atom is -0.324 e. The Bertz CT molecular complexity index is 729. The topological polar surface area (TPSA) is 66.5 Å². The van der Waals surface area contributed by atoms with Gasteiger partial charge in [-0.3, -0.25) is 4.79 Å². The monoisotopic (exact) mass is 370 g/mol. The first kappa shape index (κ1) is 17.7. The molecule has 1 spiro atoms. The number of hydrogen-bond donors (Lipinski definition) is 1. The second kappa shape index (κ2) is 6.65. The van der Waals surface area contributed by atoms with E-state index in [1.54, 1.807) is 12.1 Å². The maximum absolute atomic E-state index is 12.9. The van der Waals surface area contributed by atoms with E-state index >= 15 is 0 Å². The number of carbonyl (C=O) groups is 1. The number of halogens is 1. The molecule has 1 aliphatic heterocycles. The minimum atomic E-state index is -3.30. The zero-order valence-corrected chi connectivity index (χ0v) is 15.4. The van der Waals surface area contributed by atoms with Gasteiger partial charge in [-0.1, -0.05) is 43.0 Å². The lowest BCUT2D eigenvalue weighted by atomic mass is 9.67. The smallest absolute Gasteiger partial charge is 0.229 e. The summed E-state index contributed by atoms with van der Waals surface area (Å²) in [6, 6.07) is 7.11. The maximum atomic E-state index is 12.9. The van der Waals surface area contributed by atoms with Gasteiger partial charge in [0, 0.05) is 13.1 Å². The van der Waals surface area contributed by atoms with Crippen LogP contribution in [0.1, 0.15) is 32.1 Å². The summed E-state index contributed by atoms with van der Waals surface area (Å²) >= 11 is 6.13. The summed E-state index contributed by atoms with van der Waals surface area (Å²) < 4.78 is 25.5. The van der Waals surface area contributed by atoms with Gasteiger partial charge in [0.15, 0.2) is 0 Å². The summed E-state index contributed by atoms with van der Waals surface area (Å²) in [5.41, 5.74) is 0.333. The first-order valence-electron chi connectivity index (χ1n) is 8.32. The molecule has 5 nitrogen and oxygen atoms in total. The van der Waals surface area contributed by atoms with Crippen LogP contribution in [0.2, 0.25) is 5.02 Å². The number of amides is 1. The zero-order valence-electron chi connectivity index (χ0n) is 13.8. The van der Waals surface area contributed by atoms with E-state index in [4.69, 9.17) is 11.6 Å². The molecule has 1 saturated carbocycles. The molecular formula is C17H23ClN2O3S. The van der Waals surface area contributed by atoms with Crippen LogP contribution in [-0.2, 0) is 14.8 Å². The lowest BCUT2D eigenvalue weighted by molar-refractivity contribution is -0.123. The van der Waals surface area contributed by atoms with Crippen LogP contribution >= 0.6 is 11.6 Å². The Morgan fingerprint density at radius 1 is 1.25 bits per heavy atom. The molecule has 2 fully saturated rings. The van der Waals surface area contributed by atoms with Gasteiger partial charge in [0.2, 0.25) is 15.9 Å². The van der Waals surface area contributed by atoms with E-state index in [0.29, 0.717) is 17.3 Å². The fraction of sp³-hybridized carbons (Fsp3) is 0.588. The Balaban J connectivity index is 1.85. The molecule has 1 aromatic rings. The number of sulfonamides is 1. The Hall–Kier alpha value is -1.11. The van der Waals surface area contributed by atoms with Gasteiger partial charge in [-0.15, -0.1) is 0 Å². The lowest BCUT2D eigenvalue weighted by Crippen LogP contribution is -2.39. The summed E-state index contributed by atoms with van der Waals surface area (Å²) in [6.45, 7) is 0.710. The van der Waals surface area contributed by atoms with Crippen molar-refractivity contribution in [2.45, 2.75) is 32.1 Å². The number of nitrogens with zero attached hydrogens (tertiary/aromatic N) is 1. The Kier molecular flexibility index (Phi) is 4.91. The molecule has 1 unspecified atom stereocenters. The van der Waals surface area contributed by atoms with Crippen molar-refractivity contribution in [3.05, 3.63) is 29.3 Å². The number of rotatable bonds is 3. The highest BCUT2D eigenvalue weighted by molar-refractivity contribution is 7.88. The molecule has 1 aromatic carbocycles. The molecule has 1 heterocycles. The highest BCUT2D eigenvalue weighted by Gasteiger charge is 2.52. The molecule has 0 aromatic heterocycles. The Morgan fingerprint density at radius 3 is 2.54 bits per heavy atom. The van der Waals surface area contributed by atoms with Crippen LogP contribution in [0.15, 0.2) is 24.3 Å².